The summed E-state index contributed by atoms with van der Waals surface area (Å²) >= 11 is 0. The number of rotatable bonds is 4. The summed E-state index contributed by atoms with van der Waals surface area (Å²) in [5.74, 6) is -0.869. The van der Waals surface area contributed by atoms with Crippen molar-refractivity contribution in [3.8, 4) is 28.2 Å². The molecular weight excluding hydrogens is 384 g/mol. The molecule has 0 amide bonds. The summed E-state index contributed by atoms with van der Waals surface area (Å²) in [4.78, 5) is 24.4. The molecule has 0 radical (unpaired) electrons. The number of benzene rings is 3. The molecular formula is C23H20N2O5. The fraction of sp³-hybridized carbons (Fsp3) is 0.130. The van der Waals surface area contributed by atoms with Gasteiger partial charge in [0, 0.05) is 29.6 Å². The van der Waals surface area contributed by atoms with Gasteiger partial charge in [-0.25, -0.2) is 4.79 Å². The molecule has 2 aromatic carbocycles. The highest BCUT2D eigenvalue weighted by atomic mass is 16.4. The van der Waals surface area contributed by atoms with Gasteiger partial charge in [-0.05, 0) is 42.8 Å². The fourth-order valence-corrected chi connectivity index (χ4v) is 3.83. The minimum Gasteiger partial charge on any atom is -0.507 e. The Balaban J connectivity index is 2.28. The Morgan fingerprint density at radius 3 is 2.37 bits per heavy atom. The highest BCUT2D eigenvalue weighted by Crippen LogP contribution is 2.44. The monoisotopic (exact) mass is 404 g/mol. The van der Waals surface area contributed by atoms with Gasteiger partial charge >= 0.3 is 5.97 Å². The molecule has 0 spiro atoms. The molecule has 0 fully saturated rings. The Bertz CT molecular complexity index is 1340. The number of fused-ring (bicyclic) bond motifs is 2. The summed E-state index contributed by atoms with van der Waals surface area (Å²) in [7, 11) is 0. The predicted octanol–water partition coefficient (Wildman–Crippen LogP) is 3.19. The molecule has 0 saturated heterocycles. The lowest BCUT2D eigenvalue weighted by Gasteiger charge is -2.20. The average molecular weight is 404 g/mol. The van der Waals surface area contributed by atoms with E-state index in [1.54, 1.807) is 24.3 Å². The van der Waals surface area contributed by atoms with Crippen molar-refractivity contribution in [2.45, 2.75) is 20.0 Å². The first kappa shape index (κ1) is 19.6. The highest BCUT2D eigenvalue weighted by molar-refractivity contribution is 6.08. The standard InChI is InChI=1S/C23H20N2O5/c1-11-2-3-12(15(8-11)23(28)29)20-13-4-6-18(26)16(9-24)21(13)30-22-14(20)5-7-19(27)17(22)10-25/h2-8,26H,9-10,24-25H2,1H3,(H,28,29). The van der Waals surface area contributed by atoms with Crippen molar-refractivity contribution >= 4 is 16.9 Å². The van der Waals surface area contributed by atoms with Crippen LogP contribution in [0, 0.1) is 6.92 Å². The van der Waals surface area contributed by atoms with Crippen LogP contribution in [-0.2, 0) is 13.1 Å². The second-order valence-electron chi connectivity index (χ2n) is 7.10. The predicted molar refractivity (Wildman–Crippen MR) is 114 cm³/mol. The number of carboxylic acids is 1. The summed E-state index contributed by atoms with van der Waals surface area (Å²) in [6.07, 6.45) is 0. The summed E-state index contributed by atoms with van der Waals surface area (Å²) < 4.78 is 6.07. The quantitative estimate of drug-likeness (QED) is 0.383. The van der Waals surface area contributed by atoms with Crippen LogP contribution >= 0.6 is 0 Å². The van der Waals surface area contributed by atoms with Gasteiger partial charge in [0.1, 0.15) is 17.1 Å². The number of phenols is 1. The van der Waals surface area contributed by atoms with Crippen LogP contribution in [0.25, 0.3) is 33.4 Å². The maximum atomic E-state index is 12.4. The van der Waals surface area contributed by atoms with Gasteiger partial charge in [-0.3, -0.25) is 4.79 Å². The molecule has 2 aliphatic rings. The van der Waals surface area contributed by atoms with E-state index in [9.17, 15) is 19.8 Å². The van der Waals surface area contributed by atoms with E-state index in [2.05, 4.69) is 0 Å². The minimum atomic E-state index is -1.08. The van der Waals surface area contributed by atoms with E-state index in [1.807, 2.05) is 13.0 Å². The number of aryl methyl sites for hydroxylation is 1. The molecule has 0 saturated carbocycles. The van der Waals surface area contributed by atoms with E-state index in [-0.39, 0.29) is 46.7 Å². The normalized spacial score (nSPS) is 11.3. The molecule has 152 valence electrons. The van der Waals surface area contributed by atoms with E-state index >= 15 is 0 Å². The lowest BCUT2D eigenvalue weighted by atomic mass is 9.88. The van der Waals surface area contributed by atoms with Crippen LogP contribution in [0.15, 0.2) is 51.7 Å². The molecule has 30 heavy (non-hydrogen) atoms. The lowest BCUT2D eigenvalue weighted by Crippen LogP contribution is -2.15. The zero-order valence-corrected chi connectivity index (χ0v) is 16.2. The van der Waals surface area contributed by atoms with Gasteiger partial charge in [0.15, 0.2) is 5.43 Å². The van der Waals surface area contributed by atoms with Gasteiger partial charge in [0.2, 0.25) is 0 Å². The Morgan fingerprint density at radius 1 is 1.00 bits per heavy atom. The molecule has 7 nitrogen and oxygen atoms in total. The molecule has 7 heteroatoms. The van der Waals surface area contributed by atoms with E-state index in [4.69, 9.17) is 15.9 Å². The van der Waals surface area contributed by atoms with E-state index in [1.165, 1.54) is 12.1 Å². The molecule has 0 unspecified atom stereocenters. The van der Waals surface area contributed by atoms with Gasteiger partial charge in [-0.1, -0.05) is 17.7 Å². The zero-order chi connectivity index (χ0) is 21.6. The molecule has 1 aliphatic carbocycles. The molecule has 1 aliphatic heterocycles. The van der Waals surface area contributed by atoms with Gasteiger partial charge in [-0.15, -0.1) is 0 Å². The Morgan fingerprint density at radius 2 is 1.70 bits per heavy atom. The maximum Gasteiger partial charge on any atom is 0.336 e. The van der Waals surface area contributed by atoms with Crippen LogP contribution in [-0.4, -0.2) is 16.2 Å². The van der Waals surface area contributed by atoms with E-state index in [0.717, 1.165) is 5.56 Å². The number of hydrogen-bond acceptors (Lipinski definition) is 6. The van der Waals surface area contributed by atoms with Crippen LogP contribution in [0.3, 0.4) is 0 Å². The summed E-state index contributed by atoms with van der Waals surface area (Å²) in [6.45, 7) is 1.75. The Labute approximate surface area is 171 Å². The molecule has 0 aromatic heterocycles. The third kappa shape index (κ3) is 2.92. The van der Waals surface area contributed by atoms with Gasteiger partial charge in [0.05, 0.1) is 16.7 Å². The summed E-state index contributed by atoms with van der Waals surface area (Å²) in [6, 6.07) is 11.3. The van der Waals surface area contributed by atoms with Crippen LogP contribution in [0.5, 0.6) is 5.75 Å². The average Bonchev–Trinajstić information content (AvgIpc) is 2.72. The maximum absolute atomic E-state index is 12.4. The van der Waals surface area contributed by atoms with Crippen molar-refractivity contribution < 1.29 is 19.4 Å². The van der Waals surface area contributed by atoms with Crippen LogP contribution in [0.2, 0.25) is 0 Å². The fourth-order valence-electron chi connectivity index (χ4n) is 3.83. The first-order valence-corrected chi connectivity index (χ1v) is 9.35. The number of hydrogen-bond donors (Lipinski definition) is 4. The number of carboxylic acid groups (broad SMARTS) is 1. The molecule has 6 N–H and O–H groups in total. The third-order valence-corrected chi connectivity index (χ3v) is 5.28. The van der Waals surface area contributed by atoms with Crippen LogP contribution in [0.4, 0.5) is 0 Å². The largest absolute Gasteiger partial charge is 0.507 e. The zero-order valence-electron chi connectivity index (χ0n) is 16.2. The summed E-state index contributed by atoms with van der Waals surface area (Å²) in [5.41, 5.74) is 14.8. The molecule has 4 rings (SSSR count). The molecule has 0 atom stereocenters. The second kappa shape index (κ2) is 7.29. The first-order chi connectivity index (χ1) is 14.4. The second-order valence-corrected chi connectivity index (χ2v) is 7.10. The van der Waals surface area contributed by atoms with Gasteiger partial charge < -0.3 is 26.1 Å². The van der Waals surface area contributed by atoms with Crippen molar-refractivity contribution in [2.24, 2.45) is 11.5 Å². The van der Waals surface area contributed by atoms with Crippen LogP contribution < -0.4 is 16.9 Å². The van der Waals surface area contributed by atoms with Crippen LogP contribution in [0.1, 0.15) is 27.0 Å². The number of nitrogens with two attached hydrogens (primary N) is 2. The number of carbonyl (C=O) groups is 1. The lowest BCUT2D eigenvalue weighted by molar-refractivity contribution is 0.0697. The number of aromatic carboxylic acids is 1. The van der Waals surface area contributed by atoms with E-state index in [0.29, 0.717) is 27.6 Å². The number of aromatic hydroxyl groups is 1. The third-order valence-electron chi connectivity index (χ3n) is 5.28. The highest BCUT2D eigenvalue weighted by Gasteiger charge is 2.25. The van der Waals surface area contributed by atoms with E-state index < -0.39 is 5.97 Å². The molecule has 1 heterocycles. The minimum absolute atomic E-state index is 0.00761. The molecule has 2 aromatic rings. The Kier molecular flexibility index (Phi) is 4.77. The molecule has 0 bridgehead atoms. The smallest absolute Gasteiger partial charge is 0.336 e. The Hall–Kier alpha value is -3.68. The van der Waals surface area contributed by atoms with Crippen molar-refractivity contribution in [1.29, 1.82) is 0 Å². The van der Waals surface area contributed by atoms with Gasteiger partial charge in [0.25, 0.3) is 0 Å². The number of phenolic OH excluding ortho intramolecular Hbond substituents is 1. The van der Waals surface area contributed by atoms with Crippen molar-refractivity contribution in [3.63, 3.8) is 0 Å². The first-order valence-electron chi connectivity index (χ1n) is 9.35. The van der Waals surface area contributed by atoms with Crippen molar-refractivity contribution in [2.75, 3.05) is 0 Å². The van der Waals surface area contributed by atoms with Crippen molar-refractivity contribution in [3.05, 3.63) is 74.9 Å². The summed E-state index contributed by atoms with van der Waals surface area (Å²) in [5, 5.41) is 20.7. The topological polar surface area (TPSA) is 140 Å². The van der Waals surface area contributed by atoms with Gasteiger partial charge in [-0.2, -0.15) is 0 Å². The van der Waals surface area contributed by atoms with Crippen molar-refractivity contribution in [1.82, 2.24) is 0 Å². The SMILES string of the molecule is Cc1ccc(-c2c3ccc(=O)c(CN)c-3oc3c(CN)c(O)ccc23)c(C(=O)O)c1.